The summed E-state index contributed by atoms with van der Waals surface area (Å²) in [7, 11) is 3.00. The van der Waals surface area contributed by atoms with E-state index in [2.05, 4.69) is 5.32 Å². The summed E-state index contributed by atoms with van der Waals surface area (Å²) in [5.41, 5.74) is 0.382. The molecule has 1 aromatic heterocycles. The second-order valence-electron chi connectivity index (χ2n) is 6.58. The van der Waals surface area contributed by atoms with Gasteiger partial charge in [-0.1, -0.05) is 0 Å². The lowest BCUT2D eigenvalue weighted by molar-refractivity contribution is -0.144. The van der Waals surface area contributed by atoms with E-state index in [0.717, 1.165) is 12.8 Å². The number of aliphatic hydroxyl groups is 1. The molecule has 2 heterocycles. The number of anilines is 1. The van der Waals surface area contributed by atoms with Crippen LogP contribution in [-0.2, 0) is 9.59 Å². The fraction of sp³-hybridized carbons (Fsp3) is 0.400. The summed E-state index contributed by atoms with van der Waals surface area (Å²) in [6, 6.07) is 8.07. The zero-order valence-corrected chi connectivity index (χ0v) is 15.9. The van der Waals surface area contributed by atoms with Gasteiger partial charge in [0.05, 0.1) is 26.2 Å². The van der Waals surface area contributed by atoms with Gasteiger partial charge in [-0.15, -0.1) is 0 Å². The zero-order valence-electron chi connectivity index (χ0n) is 15.9. The first-order valence-electron chi connectivity index (χ1n) is 9.09. The minimum atomic E-state index is -0.821. The Bertz CT molecular complexity index is 820. The van der Waals surface area contributed by atoms with Crippen LogP contribution in [0.15, 0.2) is 41.0 Å². The Morgan fingerprint density at radius 1 is 1.32 bits per heavy atom. The monoisotopic (exact) mass is 388 g/mol. The Morgan fingerprint density at radius 3 is 2.82 bits per heavy atom. The Hall–Kier alpha value is -3.00. The van der Waals surface area contributed by atoms with E-state index in [-0.39, 0.29) is 6.04 Å². The van der Waals surface area contributed by atoms with Gasteiger partial charge in [0.15, 0.2) is 0 Å². The average Bonchev–Trinajstić information content (AvgIpc) is 3.39. The SMILES string of the molecule is COc1ccc(NC(=O)C(=O)N2CCCC2CC(O)c2ccco2)c(OC)c1. The molecule has 2 amide bonds. The van der Waals surface area contributed by atoms with Crippen LogP contribution in [-0.4, -0.2) is 48.6 Å². The lowest BCUT2D eigenvalue weighted by Gasteiger charge is -2.25. The topological polar surface area (TPSA) is 101 Å². The smallest absolute Gasteiger partial charge is 0.314 e. The van der Waals surface area contributed by atoms with Crippen molar-refractivity contribution < 1.29 is 28.6 Å². The van der Waals surface area contributed by atoms with Crippen molar-refractivity contribution in [1.82, 2.24) is 4.90 Å². The van der Waals surface area contributed by atoms with Gasteiger partial charge in [0.2, 0.25) is 0 Å². The van der Waals surface area contributed by atoms with Crippen LogP contribution in [0.2, 0.25) is 0 Å². The molecule has 2 atom stereocenters. The quantitative estimate of drug-likeness (QED) is 0.737. The summed E-state index contributed by atoms with van der Waals surface area (Å²) in [5.74, 6) is 0.0426. The Kier molecular flexibility index (Phi) is 6.20. The second kappa shape index (κ2) is 8.79. The summed E-state index contributed by atoms with van der Waals surface area (Å²) in [4.78, 5) is 26.7. The summed E-state index contributed by atoms with van der Waals surface area (Å²) in [6.45, 7) is 0.474. The van der Waals surface area contributed by atoms with Crippen molar-refractivity contribution in [3.8, 4) is 11.5 Å². The van der Waals surface area contributed by atoms with Gasteiger partial charge in [0.1, 0.15) is 23.4 Å². The largest absolute Gasteiger partial charge is 0.497 e. The maximum Gasteiger partial charge on any atom is 0.314 e. The Balaban J connectivity index is 1.66. The third-order valence-corrected chi connectivity index (χ3v) is 4.86. The lowest BCUT2D eigenvalue weighted by atomic mass is 10.1. The number of furan rings is 1. The number of rotatable bonds is 6. The molecule has 1 saturated heterocycles. The van der Waals surface area contributed by atoms with Crippen LogP contribution in [0.1, 0.15) is 31.1 Å². The van der Waals surface area contributed by atoms with Crippen LogP contribution in [0, 0.1) is 0 Å². The van der Waals surface area contributed by atoms with Crippen LogP contribution >= 0.6 is 0 Å². The predicted octanol–water partition coefficient (Wildman–Crippen LogP) is 2.35. The second-order valence-corrected chi connectivity index (χ2v) is 6.58. The lowest BCUT2D eigenvalue weighted by Crippen LogP contribution is -2.43. The van der Waals surface area contributed by atoms with Gasteiger partial charge in [-0.2, -0.15) is 0 Å². The Labute approximate surface area is 163 Å². The summed E-state index contributed by atoms with van der Waals surface area (Å²) < 4.78 is 15.6. The van der Waals surface area contributed by atoms with E-state index in [1.807, 2.05) is 0 Å². The summed E-state index contributed by atoms with van der Waals surface area (Å²) in [6.07, 6.45) is 2.49. The van der Waals surface area contributed by atoms with Gasteiger partial charge < -0.3 is 29.2 Å². The fourth-order valence-corrected chi connectivity index (χ4v) is 3.41. The van der Waals surface area contributed by atoms with Crippen molar-refractivity contribution in [1.29, 1.82) is 0 Å². The number of benzene rings is 1. The van der Waals surface area contributed by atoms with E-state index in [0.29, 0.717) is 35.9 Å². The molecule has 0 bridgehead atoms. The van der Waals surface area contributed by atoms with Gasteiger partial charge in [-0.3, -0.25) is 9.59 Å². The molecule has 0 saturated carbocycles. The van der Waals surface area contributed by atoms with E-state index >= 15 is 0 Å². The average molecular weight is 388 g/mol. The van der Waals surface area contributed by atoms with E-state index < -0.39 is 17.9 Å². The third-order valence-electron chi connectivity index (χ3n) is 4.86. The zero-order chi connectivity index (χ0) is 20.1. The van der Waals surface area contributed by atoms with Gasteiger partial charge in [-0.05, 0) is 37.1 Å². The number of likely N-dealkylation sites (tertiary alicyclic amines) is 1. The molecule has 150 valence electrons. The molecule has 0 spiro atoms. The molecule has 2 unspecified atom stereocenters. The van der Waals surface area contributed by atoms with E-state index in [9.17, 15) is 14.7 Å². The highest BCUT2D eigenvalue weighted by Crippen LogP contribution is 2.30. The molecular weight excluding hydrogens is 364 g/mol. The molecule has 28 heavy (non-hydrogen) atoms. The number of hydrogen-bond acceptors (Lipinski definition) is 6. The standard InChI is InChI=1S/C20H24N2O6/c1-26-14-7-8-15(18(12-14)27-2)21-19(24)20(25)22-9-3-5-13(22)11-16(23)17-6-4-10-28-17/h4,6-8,10,12-13,16,23H,3,5,9,11H2,1-2H3,(H,21,24). The van der Waals surface area contributed by atoms with Crippen LogP contribution in [0.25, 0.3) is 0 Å². The number of hydrogen-bond donors (Lipinski definition) is 2. The van der Waals surface area contributed by atoms with Gasteiger partial charge in [-0.25, -0.2) is 0 Å². The Morgan fingerprint density at radius 2 is 2.14 bits per heavy atom. The first kappa shape index (κ1) is 19.8. The molecule has 0 aliphatic carbocycles. The summed E-state index contributed by atoms with van der Waals surface area (Å²) >= 11 is 0. The van der Waals surface area contributed by atoms with E-state index in [1.165, 1.54) is 25.4 Å². The minimum absolute atomic E-state index is 0.226. The van der Waals surface area contributed by atoms with Crippen molar-refractivity contribution >= 4 is 17.5 Å². The maximum atomic E-state index is 12.7. The fourth-order valence-electron chi connectivity index (χ4n) is 3.41. The maximum absolute atomic E-state index is 12.7. The number of nitrogens with zero attached hydrogens (tertiary/aromatic N) is 1. The molecular formula is C20H24N2O6. The van der Waals surface area contributed by atoms with Gasteiger partial charge in [0.25, 0.3) is 0 Å². The molecule has 1 aliphatic heterocycles. The molecule has 1 aromatic carbocycles. The predicted molar refractivity (Wildman–Crippen MR) is 101 cm³/mol. The molecule has 1 fully saturated rings. The van der Waals surface area contributed by atoms with Crippen molar-refractivity contribution in [2.75, 3.05) is 26.1 Å². The minimum Gasteiger partial charge on any atom is -0.497 e. The molecule has 2 N–H and O–H groups in total. The van der Waals surface area contributed by atoms with Gasteiger partial charge in [0, 0.05) is 25.1 Å². The number of carbonyl (C=O) groups is 2. The molecule has 0 radical (unpaired) electrons. The van der Waals surface area contributed by atoms with Crippen molar-refractivity contribution in [3.05, 3.63) is 42.4 Å². The number of ether oxygens (including phenoxy) is 2. The first-order chi connectivity index (χ1) is 13.5. The van der Waals surface area contributed by atoms with E-state index in [1.54, 1.807) is 30.3 Å². The number of carbonyl (C=O) groups excluding carboxylic acids is 2. The highest BCUT2D eigenvalue weighted by molar-refractivity contribution is 6.39. The van der Waals surface area contributed by atoms with E-state index in [4.69, 9.17) is 13.9 Å². The number of amides is 2. The van der Waals surface area contributed by atoms with Gasteiger partial charge >= 0.3 is 11.8 Å². The van der Waals surface area contributed by atoms with Crippen LogP contribution in [0.5, 0.6) is 11.5 Å². The highest BCUT2D eigenvalue weighted by atomic mass is 16.5. The molecule has 8 heteroatoms. The summed E-state index contributed by atoms with van der Waals surface area (Å²) in [5, 5.41) is 12.9. The van der Waals surface area contributed by atoms with Crippen LogP contribution in [0.4, 0.5) is 5.69 Å². The van der Waals surface area contributed by atoms with Crippen LogP contribution < -0.4 is 14.8 Å². The van der Waals surface area contributed by atoms with Crippen LogP contribution in [0.3, 0.4) is 0 Å². The number of nitrogens with one attached hydrogen (secondary N) is 1. The third kappa shape index (κ3) is 4.28. The number of aliphatic hydroxyl groups excluding tert-OH is 1. The highest BCUT2D eigenvalue weighted by Gasteiger charge is 2.34. The molecule has 3 rings (SSSR count). The van der Waals surface area contributed by atoms with Crippen molar-refractivity contribution in [2.24, 2.45) is 0 Å². The first-order valence-corrected chi connectivity index (χ1v) is 9.09. The number of methoxy groups -OCH3 is 2. The molecule has 2 aromatic rings. The van der Waals surface area contributed by atoms with Crippen molar-refractivity contribution in [2.45, 2.75) is 31.4 Å². The van der Waals surface area contributed by atoms with Crippen molar-refractivity contribution in [3.63, 3.8) is 0 Å². The normalized spacial score (nSPS) is 17.2. The molecule has 8 nitrogen and oxygen atoms in total. The molecule has 1 aliphatic rings.